The molecule has 0 bridgehead atoms. The van der Waals surface area contributed by atoms with Gasteiger partial charge in [-0.05, 0) is 53.2 Å². The first kappa shape index (κ1) is 15.0. The Bertz CT molecular complexity index is 762. The molecule has 0 saturated heterocycles. The first-order chi connectivity index (χ1) is 11.3. The maximum Gasteiger partial charge on any atom is 0.338 e. The summed E-state index contributed by atoms with van der Waals surface area (Å²) in [4.78, 5) is 12.1. The van der Waals surface area contributed by atoms with Gasteiger partial charge in [-0.15, -0.1) is 5.10 Å². The van der Waals surface area contributed by atoms with Gasteiger partial charge in [0.1, 0.15) is 0 Å². The number of ether oxygens (including phenoxy) is 1. The third-order valence-corrected chi connectivity index (χ3v) is 3.38. The molecule has 23 heavy (non-hydrogen) atoms. The Balaban J connectivity index is 1.63. The van der Waals surface area contributed by atoms with E-state index in [1.54, 1.807) is 16.8 Å². The summed E-state index contributed by atoms with van der Waals surface area (Å²) in [5.74, 6) is 0.152. The first-order valence-corrected chi connectivity index (χ1v) is 7.43. The highest BCUT2D eigenvalue weighted by molar-refractivity contribution is 5.89. The standard InChI is InChI=1S/C16H17N5O2/c1-2-9-21-15(17-18-19-21)12-23-16(22)13-5-7-14(8-6-13)20-10-3-4-11-20/h3-8,10-11H,2,9,12H2,1H3. The van der Waals surface area contributed by atoms with Crippen LogP contribution in [-0.2, 0) is 17.9 Å². The quantitative estimate of drug-likeness (QED) is 0.653. The predicted octanol–water partition coefficient (Wildman–Crippen LogP) is 2.23. The molecule has 3 rings (SSSR count). The molecular weight excluding hydrogens is 294 g/mol. The molecule has 7 nitrogen and oxygen atoms in total. The molecule has 3 aromatic rings. The van der Waals surface area contributed by atoms with Gasteiger partial charge in [-0.25, -0.2) is 9.48 Å². The Morgan fingerprint density at radius 1 is 1.17 bits per heavy atom. The predicted molar refractivity (Wildman–Crippen MR) is 83.0 cm³/mol. The molecule has 2 aromatic heterocycles. The molecule has 2 heterocycles. The summed E-state index contributed by atoms with van der Waals surface area (Å²) in [6.07, 6.45) is 4.80. The Morgan fingerprint density at radius 2 is 1.91 bits per heavy atom. The van der Waals surface area contributed by atoms with Crippen molar-refractivity contribution in [1.29, 1.82) is 0 Å². The number of benzene rings is 1. The lowest BCUT2D eigenvalue weighted by atomic mass is 10.2. The van der Waals surface area contributed by atoms with E-state index >= 15 is 0 Å². The minimum absolute atomic E-state index is 0.0607. The molecule has 0 aliphatic carbocycles. The van der Waals surface area contributed by atoms with Gasteiger partial charge in [0.05, 0.1) is 5.56 Å². The van der Waals surface area contributed by atoms with E-state index in [4.69, 9.17) is 4.74 Å². The number of tetrazole rings is 1. The van der Waals surface area contributed by atoms with Gasteiger partial charge in [0, 0.05) is 24.6 Å². The highest BCUT2D eigenvalue weighted by Gasteiger charge is 2.11. The zero-order valence-electron chi connectivity index (χ0n) is 12.8. The maximum absolute atomic E-state index is 12.1. The summed E-state index contributed by atoms with van der Waals surface area (Å²) in [5, 5.41) is 11.3. The molecule has 0 unspecified atom stereocenters. The van der Waals surface area contributed by atoms with Crippen LogP contribution in [0.4, 0.5) is 0 Å². The fraction of sp³-hybridized carbons (Fsp3) is 0.250. The van der Waals surface area contributed by atoms with E-state index in [0.29, 0.717) is 17.9 Å². The van der Waals surface area contributed by atoms with Crippen molar-refractivity contribution in [2.75, 3.05) is 0 Å². The van der Waals surface area contributed by atoms with E-state index in [1.165, 1.54) is 0 Å². The van der Waals surface area contributed by atoms with Gasteiger partial charge < -0.3 is 9.30 Å². The second-order valence-electron chi connectivity index (χ2n) is 5.03. The number of carbonyl (C=O) groups excluding carboxylic acids is 1. The van der Waals surface area contributed by atoms with Gasteiger partial charge in [-0.3, -0.25) is 0 Å². The van der Waals surface area contributed by atoms with Gasteiger partial charge in [0.25, 0.3) is 0 Å². The van der Waals surface area contributed by atoms with Gasteiger partial charge >= 0.3 is 5.97 Å². The number of hydrogen-bond acceptors (Lipinski definition) is 5. The molecule has 118 valence electrons. The molecule has 0 aliphatic heterocycles. The van der Waals surface area contributed by atoms with E-state index in [-0.39, 0.29) is 6.61 Å². The average Bonchev–Trinajstić information content (AvgIpc) is 3.25. The second-order valence-corrected chi connectivity index (χ2v) is 5.03. The van der Waals surface area contributed by atoms with Crippen LogP contribution >= 0.6 is 0 Å². The lowest BCUT2D eigenvalue weighted by molar-refractivity contribution is 0.0456. The van der Waals surface area contributed by atoms with Crippen LogP contribution in [-0.4, -0.2) is 30.7 Å². The SMILES string of the molecule is CCCn1nnnc1COC(=O)c1ccc(-n2cccc2)cc1. The summed E-state index contributed by atoms with van der Waals surface area (Å²) in [7, 11) is 0. The minimum atomic E-state index is -0.393. The molecule has 1 aromatic carbocycles. The number of rotatable bonds is 6. The van der Waals surface area contributed by atoms with E-state index in [9.17, 15) is 4.79 Å². The molecule has 0 spiro atoms. The molecule has 0 radical (unpaired) electrons. The molecule has 0 N–H and O–H groups in total. The monoisotopic (exact) mass is 311 g/mol. The van der Waals surface area contributed by atoms with Crippen LogP contribution in [0.5, 0.6) is 0 Å². The topological polar surface area (TPSA) is 74.8 Å². The van der Waals surface area contributed by atoms with Crippen molar-refractivity contribution < 1.29 is 9.53 Å². The van der Waals surface area contributed by atoms with Crippen molar-refractivity contribution in [2.45, 2.75) is 26.5 Å². The van der Waals surface area contributed by atoms with Gasteiger partial charge in [-0.1, -0.05) is 6.92 Å². The van der Waals surface area contributed by atoms with E-state index in [1.807, 2.05) is 48.1 Å². The fourth-order valence-corrected chi connectivity index (χ4v) is 2.20. The van der Waals surface area contributed by atoms with Crippen molar-refractivity contribution in [3.8, 4) is 5.69 Å². The Labute approximate surface area is 133 Å². The first-order valence-electron chi connectivity index (χ1n) is 7.43. The van der Waals surface area contributed by atoms with Crippen LogP contribution in [0.1, 0.15) is 29.5 Å². The second kappa shape index (κ2) is 6.87. The van der Waals surface area contributed by atoms with Crippen LogP contribution in [0.15, 0.2) is 48.8 Å². The summed E-state index contributed by atoms with van der Waals surface area (Å²) in [5.41, 5.74) is 1.48. The molecule has 0 fully saturated rings. The lowest BCUT2D eigenvalue weighted by Gasteiger charge is -2.07. The zero-order chi connectivity index (χ0) is 16.1. The van der Waals surface area contributed by atoms with Crippen LogP contribution in [0.25, 0.3) is 5.69 Å². The van der Waals surface area contributed by atoms with E-state index in [0.717, 1.165) is 12.1 Å². The normalized spacial score (nSPS) is 10.7. The molecule has 7 heteroatoms. The Morgan fingerprint density at radius 3 is 2.61 bits per heavy atom. The lowest BCUT2D eigenvalue weighted by Crippen LogP contribution is -2.11. The van der Waals surface area contributed by atoms with Crippen molar-refractivity contribution in [2.24, 2.45) is 0 Å². The largest absolute Gasteiger partial charge is 0.454 e. The molecule has 0 atom stereocenters. The number of nitrogens with zero attached hydrogens (tertiary/aromatic N) is 5. The molecule has 0 aliphatic rings. The van der Waals surface area contributed by atoms with E-state index < -0.39 is 5.97 Å². The number of carbonyl (C=O) groups is 1. The Hall–Kier alpha value is -2.96. The van der Waals surface area contributed by atoms with E-state index in [2.05, 4.69) is 15.5 Å². The van der Waals surface area contributed by atoms with Crippen LogP contribution in [0, 0.1) is 0 Å². The van der Waals surface area contributed by atoms with Gasteiger partial charge in [-0.2, -0.15) is 0 Å². The Kier molecular flexibility index (Phi) is 4.46. The minimum Gasteiger partial charge on any atom is -0.454 e. The third kappa shape index (κ3) is 3.45. The molecule has 0 amide bonds. The number of hydrogen-bond donors (Lipinski definition) is 0. The van der Waals surface area contributed by atoms with Crippen LogP contribution in [0.2, 0.25) is 0 Å². The van der Waals surface area contributed by atoms with Crippen LogP contribution in [0.3, 0.4) is 0 Å². The summed E-state index contributed by atoms with van der Waals surface area (Å²) in [6.45, 7) is 2.79. The van der Waals surface area contributed by atoms with Crippen molar-refractivity contribution in [3.05, 3.63) is 60.2 Å². The molecular formula is C16H17N5O2. The number of aromatic nitrogens is 5. The number of esters is 1. The van der Waals surface area contributed by atoms with Gasteiger partial charge in [0.15, 0.2) is 12.4 Å². The average molecular weight is 311 g/mol. The maximum atomic E-state index is 12.1. The zero-order valence-corrected chi connectivity index (χ0v) is 12.8. The summed E-state index contributed by atoms with van der Waals surface area (Å²) < 4.78 is 8.89. The summed E-state index contributed by atoms with van der Waals surface area (Å²) in [6, 6.07) is 11.1. The fourth-order valence-electron chi connectivity index (χ4n) is 2.20. The number of aryl methyl sites for hydroxylation is 1. The van der Waals surface area contributed by atoms with Crippen molar-refractivity contribution >= 4 is 5.97 Å². The van der Waals surface area contributed by atoms with Gasteiger partial charge in [0.2, 0.25) is 0 Å². The van der Waals surface area contributed by atoms with Crippen molar-refractivity contribution in [3.63, 3.8) is 0 Å². The summed E-state index contributed by atoms with van der Waals surface area (Å²) >= 11 is 0. The molecule has 0 saturated carbocycles. The third-order valence-electron chi connectivity index (χ3n) is 3.38. The highest BCUT2D eigenvalue weighted by atomic mass is 16.5. The van der Waals surface area contributed by atoms with Crippen LogP contribution < -0.4 is 0 Å². The van der Waals surface area contributed by atoms with Crippen molar-refractivity contribution in [1.82, 2.24) is 24.8 Å². The smallest absolute Gasteiger partial charge is 0.338 e. The highest BCUT2D eigenvalue weighted by Crippen LogP contribution is 2.11.